The van der Waals surface area contributed by atoms with E-state index in [1.165, 1.54) is 0 Å². The van der Waals surface area contributed by atoms with Crippen LogP contribution in [0.2, 0.25) is 0 Å². The van der Waals surface area contributed by atoms with Crippen LogP contribution in [0.3, 0.4) is 0 Å². The number of aromatic nitrogens is 3. The van der Waals surface area contributed by atoms with Crippen molar-refractivity contribution in [1.82, 2.24) is 24.3 Å². The molecule has 21 heavy (non-hydrogen) atoms. The maximum atomic E-state index is 12.5. The molecule has 110 valence electrons. The zero-order valence-electron chi connectivity index (χ0n) is 12.3. The minimum Gasteiger partial charge on any atom is -0.337 e. The lowest BCUT2D eigenvalue weighted by molar-refractivity contribution is 0.0523. The van der Waals surface area contributed by atoms with Crippen molar-refractivity contribution in [3.05, 3.63) is 48.3 Å². The first-order chi connectivity index (χ1) is 10.2. The highest BCUT2D eigenvalue weighted by atomic mass is 16.2. The third kappa shape index (κ3) is 2.67. The van der Waals surface area contributed by atoms with Crippen molar-refractivity contribution in [1.29, 1.82) is 0 Å². The Morgan fingerprint density at radius 2 is 2.05 bits per heavy atom. The Labute approximate surface area is 124 Å². The number of hydrogen-bond donors (Lipinski definition) is 0. The predicted molar refractivity (Wildman–Crippen MR) is 78.7 cm³/mol. The largest absolute Gasteiger partial charge is 0.337 e. The second-order valence-electron chi connectivity index (χ2n) is 5.36. The number of imidazole rings is 1. The van der Waals surface area contributed by atoms with Gasteiger partial charge in [-0.2, -0.15) is 0 Å². The summed E-state index contributed by atoms with van der Waals surface area (Å²) in [6.45, 7) is 2.18. The summed E-state index contributed by atoms with van der Waals surface area (Å²) < 4.78 is 2.01. The lowest BCUT2D eigenvalue weighted by atomic mass is 10.1. The van der Waals surface area contributed by atoms with Crippen LogP contribution in [-0.2, 0) is 7.05 Å². The van der Waals surface area contributed by atoms with Crippen molar-refractivity contribution >= 4 is 5.91 Å². The molecule has 3 rings (SSSR count). The molecule has 0 radical (unpaired) electrons. The summed E-state index contributed by atoms with van der Waals surface area (Å²) in [5.74, 6) is 0.971. The molecule has 1 saturated heterocycles. The first-order valence-electron chi connectivity index (χ1n) is 7.04. The van der Waals surface area contributed by atoms with Gasteiger partial charge in [0, 0.05) is 45.3 Å². The molecule has 1 aliphatic heterocycles. The molecule has 1 fully saturated rings. The average Bonchev–Trinajstić information content (AvgIpc) is 2.94. The van der Waals surface area contributed by atoms with E-state index in [0.29, 0.717) is 18.8 Å². The molecule has 2 aromatic heterocycles. The van der Waals surface area contributed by atoms with E-state index in [0.717, 1.165) is 12.4 Å². The van der Waals surface area contributed by atoms with E-state index in [9.17, 15) is 4.79 Å². The highest BCUT2D eigenvalue weighted by molar-refractivity contribution is 5.92. The number of hydrogen-bond acceptors (Lipinski definition) is 4. The van der Waals surface area contributed by atoms with E-state index >= 15 is 0 Å². The lowest BCUT2D eigenvalue weighted by Crippen LogP contribution is -2.49. The minimum absolute atomic E-state index is 0.0112. The van der Waals surface area contributed by atoms with Crippen molar-refractivity contribution in [3.63, 3.8) is 0 Å². The van der Waals surface area contributed by atoms with E-state index in [-0.39, 0.29) is 11.9 Å². The van der Waals surface area contributed by atoms with Gasteiger partial charge in [0.1, 0.15) is 11.5 Å². The van der Waals surface area contributed by atoms with Crippen LogP contribution in [-0.4, -0.2) is 56.9 Å². The first kappa shape index (κ1) is 13.8. The molecular weight excluding hydrogens is 266 g/mol. The number of piperazine rings is 1. The highest BCUT2D eigenvalue weighted by Gasteiger charge is 2.31. The number of likely N-dealkylation sites (N-methyl/N-ethyl adjacent to an activating group) is 1. The summed E-state index contributed by atoms with van der Waals surface area (Å²) in [6.07, 6.45) is 5.38. The maximum Gasteiger partial charge on any atom is 0.272 e. The summed E-state index contributed by atoms with van der Waals surface area (Å²) in [4.78, 5) is 25.2. The molecule has 2 aromatic rings. The fourth-order valence-corrected chi connectivity index (χ4v) is 2.69. The van der Waals surface area contributed by atoms with Crippen LogP contribution in [0.15, 0.2) is 36.8 Å². The number of rotatable bonds is 2. The third-order valence-corrected chi connectivity index (χ3v) is 3.98. The molecule has 0 aromatic carbocycles. The van der Waals surface area contributed by atoms with Gasteiger partial charge in [-0.3, -0.25) is 14.7 Å². The van der Waals surface area contributed by atoms with Crippen LogP contribution in [0.1, 0.15) is 22.4 Å². The smallest absolute Gasteiger partial charge is 0.272 e. The average molecular weight is 285 g/mol. The zero-order valence-corrected chi connectivity index (χ0v) is 12.3. The Morgan fingerprint density at radius 1 is 1.19 bits per heavy atom. The van der Waals surface area contributed by atoms with Crippen LogP contribution in [0.25, 0.3) is 0 Å². The predicted octanol–water partition coefficient (Wildman–Crippen LogP) is 0.944. The molecule has 0 bridgehead atoms. The Morgan fingerprint density at radius 3 is 2.71 bits per heavy atom. The Bertz CT molecular complexity index is 624. The van der Waals surface area contributed by atoms with Crippen LogP contribution in [0, 0.1) is 0 Å². The standard InChI is InChI=1S/C15H19N5O/c1-18-9-10-20(15(21)12-5-3-4-6-16-12)11-13(18)14-17-7-8-19(14)2/h3-8,13H,9-11H2,1-2H3. The van der Waals surface area contributed by atoms with Gasteiger partial charge < -0.3 is 9.47 Å². The molecule has 6 nitrogen and oxygen atoms in total. The molecule has 0 aliphatic carbocycles. The van der Waals surface area contributed by atoms with E-state index < -0.39 is 0 Å². The Balaban J connectivity index is 1.80. The molecule has 3 heterocycles. The Hall–Kier alpha value is -2.21. The summed E-state index contributed by atoms with van der Waals surface area (Å²) in [7, 11) is 4.05. The summed E-state index contributed by atoms with van der Waals surface area (Å²) >= 11 is 0. The zero-order chi connectivity index (χ0) is 14.8. The minimum atomic E-state index is -0.0112. The van der Waals surface area contributed by atoms with Gasteiger partial charge in [0.25, 0.3) is 5.91 Å². The summed E-state index contributed by atoms with van der Waals surface area (Å²) in [5.41, 5.74) is 0.501. The molecule has 0 spiro atoms. The number of carbonyl (C=O) groups is 1. The van der Waals surface area contributed by atoms with Crippen LogP contribution in [0.5, 0.6) is 0 Å². The van der Waals surface area contributed by atoms with Crippen molar-refractivity contribution in [2.24, 2.45) is 7.05 Å². The summed E-state index contributed by atoms with van der Waals surface area (Å²) in [5, 5.41) is 0. The molecule has 1 unspecified atom stereocenters. The maximum absolute atomic E-state index is 12.5. The lowest BCUT2D eigenvalue weighted by Gasteiger charge is -2.38. The van der Waals surface area contributed by atoms with Crippen LogP contribution >= 0.6 is 0 Å². The normalized spacial score (nSPS) is 19.7. The fraction of sp³-hybridized carbons (Fsp3) is 0.400. The first-order valence-corrected chi connectivity index (χ1v) is 7.04. The molecule has 6 heteroatoms. The summed E-state index contributed by atoms with van der Waals surface area (Å²) in [6, 6.07) is 5.53. The quantitative estimate of drug-likeness (QED) is 0.824. The van der Waals surface area contributed by atoms with Gasteiger partial charge in [-0.15, -0.1) is 0 Å². The fourth-order valence-electron chi connectivity index (χ4n) is 2.69. The van der Waals surface area contributed by atoms with E-state index in [2.05, 4.69) is 21.9 Å². The van der Waals surface area contributed by atoms with E-state index in [1.54, 1.807) is 18.5 Å². The molecule has 1 aliphatic rings. The van der Waals surface area contributed by atoms with Crippen molar-refractivity contribution in [3.8, 4) is 0 Å². The van der Waals surface area contributed by atoms with Crippen molar-refractivity contribution in [2.45, 2.75) is 6.04 Å². The topological polar surface area (TPSA) is 54.3 Å². The van der Waals surface area contributed by atoms with E-state index in [4.69, 9.17) is 0 Å². The molecule has 0 N–H and O–H groups in total. The highest BCUT2D eigenvalue weighted by Crippen LogP contribution is 2.23. The van der Waals surface area contributed by atoms with Crippen molar-refractivity contribution in [2.75, 3.05) is 26.7 Å². The van der Waals surface area contributed by atoms with Gasteiger partial charge in [0.15, 0.2) is 0 Å². The van der Waals surface area contributed by atoms with Gasteiger partial charge in [-0.1, -0.05) is 6.07 Å². The molecular formula is C15H19N5O. The number of carbonyl (C=O) groups excluding carboxylic acids is 1. The van der Waals surface area contributed by atoms with Gasteiger partial charge in [0.05, 0.1) is 6.04 Å². The SMILES string of the molecule is CN1CCN(C(=O)c2ccccn2)CC1c1nccn1C. The second-order valence-corrected chi connectivity index (χ2v) is 5.36. The number of aryl methyl sites for hydroxylation is 1. The second kappa shape index (κ2) is 5.65. The van der Waals surface area contributed by atoms with Crippen LogP contribution < -0.4 is 0 Å². The molecule has 1 atom stereocenters. The monoisotopic (exact) mass is 285 g/mol. The number of pyridine rings is 1. The third-order valence-electron chi connectivity index (χ3n) is 3.98. The molecule has 1 amide bonds. The van der Waals surface area contributed by atoms with Crippen LogP contribution in [0.4, 0.5) is 0 Å². The number of amides is 1. The van der Waals surface area contributed by atoms with E-state index in [1.807, 2.05) is 34.8 Å². The van der Waals surface area contributed by atoms with Gasteiger partial charge in [0.2, 0.25) is 0 Å². The van der Waals surface area contributed by atoms with Gasteiger partial charge in [-0.05, 0) is 19.2 Å². The number of nitrogens with zero attached hydrogens (tertiary/aromatic N) is 5. The van der Waals surface area contributed by atoms with Crippen molar-refractivity contribution < 1.29 is 4.79 Å². The molecule has 0 saturated carbocycles. The Kier molecular flexibility index (Phi) is 3.70. The van der Waals surface area contributed by atoms with Gasteiger partial charge >= 0.3 is 0 Å². The van der Waals surface area contributed by atoms with Gasteiger partial charge in [-0.25, -0.2) is 4.98 Å².